The smallest absolute Gasteiger partial charge is 0.164 e. The first-order valence-electron chi connectivity index (χ1n) is 16.8. The Kier molecular flexibility index (Phi) is 6.42. The summed E-state index contributed by atoms with van der Waals surface area (Å²) in [6.07, 6.45) is 0. The average Bonchev–Trinajstić information content (AvgIpc) is 3.52. The SMILES string of the molecule is c1ccc(-c2nc(-c3ccccc3)nc(-c3cccc(N4c5ccccc5-c5cc6ccccc6cc5-n5c4cc4ccccc45)c3)n2)cc1. The van der Waals surface area contributed by atoms with E-state index in [9.17, 15) is 0 Å². The van der Waals surface area contributed by atoms with Crippen molar-refractivity contribution in [3.8, 4) is 51.0 Å². The summed E-state index contributed by atoms with van der Waals surface area (Å²) in [5, 5.41) is 3.61. The van der Waals surface area contributed by atoms with E-state index in [0.29, 0.717) is 17.5 Å². The molecular formula is C45H29N5. The van der Waals surface area contributed by atoms with Crippen molar-refractivity contribution in [1.82, 2.24) is 19.5 Å². The molecule has 0 unspecified atom stereocenters. The van der Waals surface area contributed by atoms with Gasteiger partial charge in [0.2, 0.25) is 0 Å². The predicted molar refractivity (Wildman–Crippen MR) is 204 cm³/mol. The third-order valence-electron chi connectivity index (χ3n) is 9.52. The van der Waals surface area contributed by atoms with Crippen LogP contribution in [0.1, 0.15) is 0 Å². The highest BCUT2D eigenvalue weighted by Crippen LogP contribution is 2.49. The lowest BCUT2D eigenvalue weighted by Crippen LogP contribution is -2.13. The molecule has 5 heteroatoms. The zero-order chi connectivity index (χ0) is 33.0. The van der Waals surface area contributed by atoms with Gasteiger partial charge in [-0.25, -0.2) is 15.0 Å². The van der Waals surface area contributed by atoms with Crippen molar-refractivity contribution >= 4 is 38.9 Å². The quantitative estimate of drug-likeness (QED) is 0.192. The second-order valence-corrected chi connectivity index (χ2v) is 12.6. The van der Waals surface area contributed by atoms with E-state index >= 15 is 0 Å². The van der Waals surface area contributed by atoms with Crippen molar-refractivity contribution in [1.29, 1.82) is 0 Å². The molecule has 3 heterocycles. The molecule has 1 aliphatic heterocycles. The van der Waals surface area contributed by atoms with Crippen molar-refractivity contribution in [2.24, 2.45) is 0 Å². The number of para-hydroxylation sites is 2. The number of hydrogen-bond acceptors (Lipinski definition) is 4. The van der Waals surface area contributed by atoms with Crippen molar-refractivity contribution < 1.29 is 0 Å². The van der Waals surface area contributed by atoms with Gasteiger partial charge in [-0.2, -0.15) is 0 Å². The average molecular weight is 640 g/mol. The normalized spacial score (nSPS) is 12.0. The zero-order valence-electron chi connectivity index (χ0n) is 27.0. The van der Waals surface area contributed by atoms with E-state index in [1.54, 1.807) is 0 Å². The number of benzene rings is 7. The van der Waals surface area contributed by atoms with Crippen LogP contribution in [0.4, 0.5) is 17.2 Å². The van der Waals surface area contributed by atoms with Crippen LogP contribution < -0.4 is 4.90 Å². The molecule has 0 radical (unpaired) electrons. The summed E-state index contributed by atoms with van der Waals surface area (Å²) < 4.78 is 2.41. The summed E-state index contributed by atoms with van der Waals surface area (Å²) in [6.45, 7) is 0. The molecule has 7 aromatic carbocycles. The fraction of sp³-hybridized carbons (Fsp3) is 0. The Morgan fingerprint density at radius 3 is 1.64 bits per heavy atom. The molecule has 9 aromatic rings. The van der Waals surface area contributed by atoms with E-state index < -0.39 is 0 Å². The van der Waals surface area contributed by atoms with Crippen LogP contribution in [0.2, 0.25) is 0 Å². The fourth-order valence-corrected chi connectivity index (χ4v) is 7.20. The molecule has 5 nitrogen and oxygen atoms in total. The lowest BCUT2D eigenvalue weighted by Gasteiger charge is -2.26. The summed E-state index contributed by atoms with van der Waals surface area (Å²) in [6, 6.07) is 61.7. The molecule has 1 aliphatic rings. The van der Waals surface area contributed by atoms with Crippen LogP contribution in [0.3, 0.4) is 0 Å². The van der Waals surface area contributed by atoms with Gasteiger partial charge in [-0.1, -0.05) is 133 Å². The predicted octanol–water partition coefficient (Wildman–Crippen LogP) is 11.4. The van der Waals surface area contributed by atoms with Gasteiger partial charge in [0.05, 0.1) is 16.9 Å². The van der Waals surface area contributed by atoms with E-state index in [0.717, 1.165) is 45.1 Å². The summed E-state index contributed by atoms with van der Waals surface area (Å²) in [7, 11) is 0. The standard InChI is InChI=1S/C45H29N5/c1-3-14-30(15-4-1)43-46-44(31-16-5-2-6-17-31)48-45(47-43)35-21-13-22-36(26-35)49-40-25-12-10-23-37(40)38-27-32-18-7-8-19-33(32)28-41(38)50-39-24-11-9-20-34(39)29-42(49)50/h1-29H. The van der Waals surface area contributed by atoms with E-state index in [4.69, 9.17) is 15.0 Å². The Morgan fingerprint density at radius 1 is 0.360 bits per heavy atom. The molecule has 234 valence electrons. The Balaban J connectivity index is 1.22. The number of fused-ring (bicyclic) bond motifs is 8. The zero-order valence-corrected chi connectivity index (χ0v) is 27.0. The monoisotopic (exact) mass is 639 g/mol. The molecule has 0 saturated heterocycles. The van der Waals surface area contributed by atoms with Gasteiger partial charge in [-0.15, -0.1) is 0 Å². The number of anilines is 3. The van der Waals surface area contributed by atoms with Crippen LogP contribution >= 0.6 is 0 Å². The first-order chi connectivity index (χ1) is 24.8. The maximum Gasteiger partial charge on any atom is 0.164 e. The van der Waals surface area contributed by atoms with Crippen LogP contribution in [-0.2, 0) is 0 Å². The number of rotatable bonds is 4. The van der Waals surface area contributed by atoms with Gasteiger partial charge in [-0.05, 0) is 53.2 Å². The van der Waals surface area contributed by atoms with Crippen LogP contribution in [0.5, 0.6) is 0 Å². The minimum atomic E-state index is 0.623. The van der Waals surface area contributed by atoms with Crippen molar-refractivity contribution in [3.63, 3.8) is 0 Å². The minimum Gasteiger partial charge on any atom is -0.295 e. The molecule has 0 saturated carbocycles. The highest BCUT2D eigenvalue weighted by atomic mass is 15.3. The van der Waals surface area contributed by atoms with Crippen LogP contribution in [-0.4, -0.2) is 19.5 Å². The van der Waals surface area contributed by atoms with Gasteiger partial charge in [0.25, 0.3) is 0 Å². The summed E-state index contributed by atoms with van der Waals surface area (Å²) in [5.74, 6) is 2.97. The molecule has 0 N–H and O–H groups in total. The molecule has 50 heavy (non-hydrogen) atoms. The number of nitrogens with zero attached hydrogens (tertiary/aromatic N) is 5. The molecule has 0 amide bonds. The third kappa shape index (κ3) is 4.60. The first kappa shape index (κ1) is 28.2. The highest BCUT2D eigenvalue weighted by Gasteiger charge is 2.28. The lowest BCUT2D eigenvalue weighted by molar-refractivity contribution is 1.07. The third-order valence-corrected chi connectivity index (χ3v) is 9.52. The lowest BCUT2D eigenvalue weighted by atomic mass is 9.97. The second kappa shape index (κ2) is 11.4. The Bertz CT molecular complexity index is 2660. The van der Waals surface area contributed by atoms with E-state index in [-0.39, 0.29) is 0 Å². The van der Waals surface area contributed by atoms with Gasteiger partial charge in [0.15, 0.2) is 17.5 Å². The number of aromatic nitrogens is 4. The van der Waals surface area contributed by atoms with Crippen molar-refractivity contribution in [3.05, 3.63) is 176 Å². The van der Waals surface area contributed by atoms with Crippen LogP contribution in [0.25, 0.3) is 72.7 Å². The van der Waals surface area contributed by atoms with Crippen LogP contribution in [0, 0.1) is 0 Å². The maximum atomic E-state index is 5.05. The van der Waals surface area contributed by atoms with Crippen molar-refractivity contribution in [2.45, 2.75) is 0 Å². The molecular weight excluding hydrogens is 611 g/mol. The highest BCUT2D eigenvalue weighted by molar-refractivity contribution is 6.03. The largest absolute Gasteiger partial charge is 0.295 e. The van der Waals surface area contributed by atoms with Crippen molar-refractivity contribution in [2.75, 3.05) is 4.90 Å². The van der Waals surface area contributed by atoms with E-state index in [2.05, 4.69) is 125 Å². The second-order valence-electron chi connectivity index (χ2n) is 12.6. The van der Waals surface area contributed by atoms with E-state index in [1.165, 1.54) is 27.3 Å². The Hall–Kier alpha value is -6.85. The van der Waals surface area contributed by atoms with Gasteiger partial charge in [-0.3, -0.25) is 9.47 Å². The molecule has 10 rings (SSSR count). The Labute approximate surface area is 289 Å². The topological polar surface area (TPSA) is 46.8 Å². The number of hydrogen-bond donors (Lipinski definition) is 0. The van der Waals surface area contributed by atoms with Gasteiger partial charge in [0, 0.05) is 38.9 Å². The van der Waals surface area contributed by atoms with E-state index in [1.807, 2.05) is 60.7 Å². The Morgan fingerprint density at radius 2 is 0.920 bits per heavy atom. The molecule has 0 aliphatic carbocycles. The summed E-state index contributed by atoms with van der Waals surface area (Å²) in [4.78, 5) is 17.4. The van der Waals surface area contributed by atoms with Gasteiger partial charge >= 0.3 is 0 Å². The van der Waals surface area contributed by atoms with Gasteiger partial charge in [0.1, 0.15) is 5.82 Å². The maximum absolute atomic E-state index is 5.05. The summed E-state index contributed by atoms with van der Waals surface area (Å²) >= 11 is 0. The van der Waals surface area contributed by atoms with Crippen LogP contribution in [0.15, 0.2) is 176 Å². The fourth-order valence-electron chi connectivity index (χ4n) is 7.20. The first-order valence-corrected chi connectivity index (χ1v) is 16.8. The van der Waals surface area contributed by atoms with Gasteiger partial charge < -0.3 is 0 Å². The molecule has 0 bridgehead atoms. The molecule has 0 spiro atoms. The molecule has 0 fully saturated rings. The molecule has 2 aromatic heterocycles. The minimum absolute atomic E-state index is 0.623. The molecule has 0 atom stereocenters. The summed E-state index contributed by atoms with van der Waals surface area (Å²) in [5.41, 5.74) is 9.59.